The molecule has 0 saturated carbocycles. The molecule has 2 rings (SSSR count). The highest BCUT2D eigenvalue weighted by molar-refractivity contribution is 5.73. The molecule has 0 aliphatic carbocycles. The van der Waals surface area contributed by atoms with Crippen LogP contribution in [0.15, 0.2) is 22.6 Å². The molecule has 19 heavy (non-hydrogen) atoms. The molecule has 0 aliphatic rings. The number of nitrogens with zero attached hydrogens (tertiary/aromatic N) is 2. The molecule has 4 heteroatoms. The monoisotopic (exact) mass is 262 g/mol. The van der Waals surface area contributed by atoms with E-state index in [1.54, 1.807) is 0 Å². The van der Waals surface area contributed by atoms with E-state index >= 15 is 0 Å². The molecule has 1 unspecified atom stereocenters. The molecule has 1 atom stereocenters. The van der Waals surface area contributed by atoms with Crippen molar-refractivity contribution >= 4 is 11.1 Å². The van der Waals surface area contributed by atoms with E-state index in [0.717, 1.165) is 30.6 Å². The van der Waals surface area contributed by atoms with E-state index in [1.807, 2.05) is 19.1 Å². The van der Waals surface area contributed by atoms with Crippen molar-refractivity contribution in [3.63, 3.8) is 0 Å². The molecule has 0 saturated heterocycles. The Morgan fingerprint density at radius 1 is 1.42 bits per heavy atom. The molecule has 0 aliphatic heterocycles. The average Bonchev–Trinajstić information content (AvgIpc) is 2.75. The van der Waals surface area contributed by atoms with Crippen LogP contribution in [0.2, 0.25) is 0 Å². The lowest BCUT2D eigenvalue weighted by Gasteiger charge is -2.21. The predicted molar refractivity (Wildman–Crippen MR) is 75.9 cm³/mol. The molecule has 0 fully saturated rings. The number of hydrogen-bond donors (Lipinski definition) is 1. The van der Waals surface area contributed by atoms with Crippen molar-refractivity contribution in [3.05, 3.63) is 29.7 Å². The normalized spacial score (nSPS) is 13.3. The zero-order valence-electron chi connectivity index (χ0n) is 11.9. The van der Waals surface area contributed by atoms with Gasteiger partial charge in [-0.2, -0.15) is 0 Å². The summed E-state index contributed by atoms with van der Waals surface area (Å²) < 4.78 is 5.54. The third-order valence-corrected chi connectivity index (χ3v) is 3.42. The molecule has 1 aromatic heterocycles. The van der Waals surface area contributed by atoms with Crippen LogP contribution in [0.3, 0.4) is 0 Å². The molecular formula is C15H22N2O2. The third-order valence-electron chi connectivity index (χ3n) is 3.42. The van der Waals surface area contributed by atoms with Gasteiger partial charge in [-0.25, -0.2) is 4.98 Å². The van der Waals surface area contributed by atoms with Gasteiger partial charge in [-0.05, 0) is 37.1 Å². The van der Waals surface area contributed by atoms with Crippen molar-refractivity contribution in [2.24, 2.45) is 5.92 Å². The van der Waals surface area contributed by atoms with E-state index in [9.17, 15) is 5.11 Å². The molecule has 0 radical (unpaired) electrons. The molecule has 4 nitrogen and oxygen atoms in total. The molecule has 104 valence electrons. The molecule has 2 aromatic rings. The standard InChI is InChI=1S/C15H22N2O2/c1-4-12(10-18)8-17(3)9-13-5-6-14-15(7-13)19-11(2)16-14/h5-7,12,18H,4,8-10H2,1-3H3. The fraction of sp³-hybridized carbons (Fsp3) is 0.533. The summed E-state index contributed by atoms with van der Waals surface area (Å²) in [6.45, 7) is 5.98. The lowest BCUT2D eigenvalue weighted by molar-refractivity contribution is 0.173. The van der Waals surface area contributed by atoms with Crippen LogP contribution in [-0.2, 0) is 6.54 Å². The Balaban J connectivity index is 2.03. The molecule has 0 bridgehead atoms. The zero-order chi connectivity index (χ0) is 13.8. The summed E-state index contributed by atoms with van der Waals surface area (Å²) in [6.07, 6.45) is 1.00. The van der Waals surface area contributed by atoms with Gasteiger partial charge in [0.2, 0.25) is 0 Å². The highest BCUT2D eigenvalue weighted by atomic mass is 16.3. The SMILES string of the molecule is CCC(CO)CN(C)Cc1ccc2nc(C)oc2c1. The van der Waals surface area contributed by atoms with Crippen molar-refractivity contribution in [2.45, 2.75) is 26.8 Å². The number of rotatable bonds is 6. The van der Waals surface area contributed by atoms with Gasteiger partial charge < -0.3 is 14.4 Å². The maximum atomic E-state index is 9.24. The van der Waals surface area contributed by atoms with Crippen LogP contribution >= 0.6 is 0 Å². The van der Waals surface area contributed by atoms with Crippen LogP contribution in [0.5, 0.6) is 0 Å². The second kappa shape index (κ2) is 6.17. The number of aliphatic hydroxyl groups is 1. The molecule has 1 N–H and O–H groups in total. The fourth-order valence-corrected chi connectivity index (χ4v) is 2.32. The third kappa shape index (κ3) is 3.55. The van der Waals surface area contributed by atoms with Crippen molar-refractivity contribution in [1.29, 1.82) is 0 Å². The Hall–Kier alpha value is -1.39. The van der Waals surface area contributed by atoms with E-state index in [0.29, 0.717) is 11.8 Å². The van der Waals surface area contributed by atoms with Gasteiger partial charge in [0.15, 0.2) is 11.5 Å². The van der Waals surface area contributed by atoms with Gasteiger partial charge in [0.1, 0.15) is 5.52 Å². The Morgan fingerprint density at radius 3 is 2.89 bits per heavy atom. The Morgan fingerprint density at radius 2 is 2.21 bits per heavy atom. The summed E-state index contributed by atoms with van der Waals surface area (Å²) in [5, 5.41) is 9.24. The van der Waals surface area contributed by atoms with Gasteiger partial charge in [-0.1, -0.05) is 13.0 Å². The van der Waals surface area contributed by atoms with Gasteiger partial charge in [0.25, 0.3) is 0 Å². The largest absolute Gasteiger partial charge is 0.441 e. The molecule has 0 spiro atoms. The summed E-state index contributed by atoms with van der Waals surface area (Å²) in [7, 11) is 2.08. The minimum Gasteiger partial charge on any atom is -0.441 e. The fourth-order valence-electron chi connectivity index (χ4n) is 2.32. The Bertz CT molecular complexity index is 532. The first-order valence-corrected chi connectivity index (χ1v) is 6.77. The Kier molecular flexibility index (Phi) is 4.56. The summed E-state index contributed by atoms with van der Waals surface area (Å²) in [6, 6.07) is 6.13. The molecular weight excluding hydrogens is 240 g/mol. The highest BCUT2D eigenvalue weighted by Crippen LogP contribution is 2.18. The van der Waals surface area contributed by atoms with E-state index < -0.39 is 0 Å². The van der Waals surface area contributed by atoms with Crippen LogP contribution in [0.25, 0.3) is 11.1 Å². The van der Waals surface area contributed by atoms with Crippen LogP contribution < -0.4 is 0 Å². The van der Waals surface area contributed by atoms with Crippen LogP contribution in [0, 0.1) is 12.8 Å². The van der Waals surface area contributed by atoms with Gasteiger partial charge in [-0.3, -0.25) is 0 Å². The number of hydrogen-bond acceptors (Lipinski definition) is 4. The van der Waals surface area contributed by atoms with Crippen LogP contribution in [-0.4, -0.2) is 35.2 Å². The maximum absolute atomic E-state index is 9.24. The quantitative estimate of drug-likeness (QED) is 0.869. The second-order valence-corrected chi connectivity index (χ2v) is 5.19. The van der Waals surface area contributed by atoms with E-state index in [1.165, 1.54) is 5.56 Å². The topological polar surface area (TPSA) is 49.5 Å². The highest BCUT2D eigenvalue weighted by Gasteiger charge is 2.10. The summed E-state index contributed by atoms with van der Waals surface area (Å²) in [5.41, 5.74) is 2.96. The number of aliphatic hydroxyl groups excluding tert-OH is 1. The molecule has 0 amide bonds. The van der Waals surface area contributed by atoms with E-state index in [4.69, 9.17) is 4.42 Å². The van der Waals surface area contributed by atoms with Crippen molar-refractivity contribution in [3.8, 4) is 0 Å². The van der Waals surface area contributed by atoms with Crippen LogP contribution in [0.1, 0.15) is 24.8 Å². The van der Waals surface area contributed by atoms with E-state index in [2.05, 4.69) is 29.9 Å². The molecule has 1 heterocycles. The second-order valence-electron chi connectivity index (χ2n) is 5.19. The first kappa shape index (κ1) is 14.0. The van der Waals surface area contributed by atoms with Crippen molar-refractivity contribution < 1.29 is 9.52 Å². The van der Waals surface area contributed by atoms with E-state index in [-0.39, 0.29) is 6.61 Å². The maximum Gasteiger partial charge on any atom is 0.192 e. The Labute approximate surface area is 114 Å². The average molecular weight is 262 g/mol. The number of oxazole rings is 1. The molecule has 1 aromatic carbocycles. The van der Waals surface area contributed by atoms with Gasteiger partial charge in [0.05, 0.1) is 0 Å². The van der Waals surface area contributed by atoms with Gasteiger partial charge >= 0.3 is 0 Å². The first-order chi connectivity index (χ1) is 9.12. The lowest BCUT2D eigenvalue weighted by atomic mass is 10.1. The minimum atomic E-state index is 0.251. The van der Waals surface area contributed by atoms with Crippen molar-refractivity contribution in [1.82, 2.24) is 9.88 Å². The number of aryl methyl sites for hydroxylation is 1. The lowest BCUT2D eigenvalue weighted by Crippen LogP contribution is -2.26. The summed E-state index contributed by atoms with van der Waals surface area (Å²) in [4.78, 5) is 6.53. The van der Waals surface area contributed by atoms with Gasteiger partial charge in [0, 0.05) is 26.6 Å². The number of benzene rings is 1. The summed E-state index contributed by atoms with van der Waals surface area (Å²) in [5.74, 6) is 1.05. The smallest absolute Gasteiger partial charge is 0.192 e. The van der Waals surface area contributed by atoms with Crippen LogP contribution in [0.4, 0.5) is 0 Å². The minimum absolute atomic E-state index is 0.251. The first-order valence-electron chi connectivity index (χ1n) is 6.77. The van der Waals surface area contributed by atoms with Crippen molar-refractivity contribution in [2.75, 3.05) is 20.2 Å². The zero-order valence-corrected chi connectivity index (χ0v) is 11.9. The van der Waals surface area contributed by atoms with Gasteiger partial charge in [-0.15, -0.1) is 0 Å². The summed E-state index contributed by atoms with van der Waals surface area (Å²) >= 11 is 0. The predicted octanol–water partition coefficient (Wildman–Crippen LogP) is 2.59. The number of aromatic nitrogens is 1. The number of fused-ring (bicyclic) bond motifs is 1.